The molecule has 0 atom stereocenters. The molecule has 7 heteroatoms. The minimum Gasteiger partial charge on any atom is -0.385 e. The average molecular weight is 516 g/mol. The topological polar surface area (TPSA) is 45.7 Å². The molecule has 0 aliphatic rings. The Labute approximate surface area is 170 Å². The molecule has 0 saturated carbocycles. The van der Waals surface area contributed by atoms with E-state index in [2.05, 4.69) is 31.6 Å². The van der Waals surface area contributed by atoms with Gasteiger partial charge in [0.2, 0.25) is 0 Å². The second-order valence-electron chi connectivity index (χ2n) is 5.32. The van der Waals surface area contributed by atoms with Gasteiger partial charge in [0, 0.05) is 38.3 Å². The fourth-order valence-corrected chi connectivity index (χ4v) is 2.52. The summed E-state index contributed by atoms with van der Waals surface area (Å²) in [5.41, 5.74) is 0.746. The van der Waals surface area contributed by atoms with Crippen LogP contribution >= 0.6 is 39.9 Å². The van der Waals surface area contributed by atoms with Crippen LogP contribution in [-0.4, -0.2) is 39.8 Å². The Kier molecular flexibility index (Phi) is 14.6. The molecule has 0 aliphatic heterocycles. The summed E-state index contributed by atoms with van der Waals surface area (Å²) in [5, 5.41) is 6.54. The number of guanidine groups is 1. The quantitative estimate of drug-likeness (QED) is 0.213. The number of nitrogens with one attached hydrogen (secondary N) is 2. The number of nitrogens with zero attached hydrogens (tertiary/aromatic N) is 1. The fraction of sp³-hybridized carbons (Fsp3) is 0.588. The van der Waals surface area contributed by atoms with Crippen LogP contribution in [-0.2, 0) is 11.2 Å². The van der Waals surface area contributed by atoms with E-state index in [1.165, 1.54) is 6.07 Å². The van der Waals surface area contributed by atoms with Crippen LogP contribution in [0.2, 0.25) is 0 Å². The van der Waals surface area contributed by atoms with Crippen molar-refractivity contribution in [3.05, 3.63) is 34.1 Å². The van der Waals surface area contributed by atoms with Gasteiger partial charge in [-0.1, -0.05) is 22.0 Å². The molecule has 1 rings (SSSR count). The molecule has 138 valence electrons. The monoisotopic (exact) mass is 515 g/mol. The van der Waals surface area contributed by atoms with Crippen molar-refractivity contribution in [1.82, 2.24) is 10.6 Å². The number of halogens is 3. The van der Waals surface area contributed by atoms with E-state index in [9.17, 15) is 4.39 Å². The third kappa shape index (κ3) is 10.5. The maximum atomic E-state index is 13.7. The lowest BCUT2D eigenvalue weighted by molar-refractivity contribution is 0.192. The first-order valence-corrected chi connectivity index (χ1v) is 8.84. The van der Waals surface area contributed by atoms with Gasteiger partial charge in [0.05, 0.1) is 0 Å². The summed E-state index contributed by atoms with van der Waals surface area (Å²) in [5.74, 6) is 0.644. The van der Waals surface area contributed by atoms with E-state index in [4.69, 9.17) is 4.74 Å². The molecule has 0 unspecified atom stereocenters. The van der Waals surface area contributed by atoms with Crippen LogP contribution in [0.25, 0.3) is 0 Å². The maximum absolute atomic E-state index is 13.7. The van der Waals surface area contributed by atoms with Crippen molar-refractivity contribution in [2.75, 3.05) is 33.9 Å². The van der Waals surface area contributed by atoms with Gasteiger partial charge < -0.3 is 15.4 Å². The van der Waals surface area contributed by atoms with Crippen LogP contribution in [0.3, 0.4) is 0 Å². The lowest BCUT2D eigenvalue weighted by Crippen LogP contribution is -2.38. The molecule has 2 N–H and O–H groups in total. The highest BCUT2D eigenvalue weighted by Gasteiger charge is 2.03. The van der Waals surface area contributed by atoms with Gasteiger partial charge in [-0.25, -0.2) is 4.39 Å². The fourth-order valence-electron chi connectivity index (χ4n) is 2.19. The second kappa shape index (κ2) is 14.9. The Bertz CT molecular complexity index is 489. The first-order valence-electron chi connectivity index (χ1n) is 8.04. The van der Waals surface area contributed by atoms with Gasteiger partial charge in [-0.15, -0.1) is 24.0 Å². The highest BCUT2D eigenvalue weighted by Crippen LogP contribution is 2.16. The van der Waals surface area contributed by atoms with Gasteiger partial charge in [0.25, 0.3) is 0 Å². The molecular weight excluding hydrogens is 488 g/mol. The molecule has 1 aromatic rings. The summed E-state index contributed by atoms with van der Waals surface area (Å²) in [4.78, 5) is 4.19. The maximum Gasteiger partial charge on any atom is 0.190 e. The Morgan fingerprint density at radius 2 is 1.88 bits per heavy atom. The number of aliphatic imine (C=N–C) groups is 1. The van der Waals surface area contributed by atoms with Gasteiger partial charge in [0.1, 0.15) is 5.82 Å². The zero-order chi connectivity index (χ0) is 16.9. The number of unbranched alkanes of at least 4 members (excludes halogenated alkanes) is 2. The summed E-state index contributed by atoms with van der Waals surface area (Å²) < 4.78 is 19.5. The summed E-state index contributed by atoms with van der Waals surface area (Å²) in [6, 6.07) is 5.20. The Balaban J connectivity index is 0.00000529. The SMILES string of the molecule is CN=C(NCCCCCOC)NCCCc1ccc(Br)cc1F.I. The van der Waals surface area contributed by atoms with Gasteiger partial charge in [-0.3, -0.25) is 4.99 Å². The number of methoxy groups -OCH3 is 1. The summed E-state index contributed by atoms with van der Waals surface area (Å²) in [6.07, 6.45) is 4.88. The third-order valence-corrected chi connectivity index (χ3v) is 3.96. The normalized spacial score (nSPS) is 11.1. The summed E-state index contributed by atoms with van der Waals surface area (Å²) in [6.45, 7) is 2.48. The van der Waals surface area contributed by atoms with E-state index in [0.717, 1.165) is 61.4 Å². The van der Waals surface area contributed by atoms with Crippen molar-refractivity contribution in [3.8, 4) is 0 Å². The minimum absolute atomic E-state index is 0. The van der Waals surface area contributed by atoms with Crippen LogP contribution in [0.4, 0.5) is 4.39 Å². The number of ether oxygens (including phenoxy) is 1. The third-order valence-electron chi connectivity index (χ3n) is 3.47. The number of hydrogen-bond acceptors (Lipinski definition) is 2. The van der Waals surface area contributed by atoms with E-state index >= 15 is 0 Å². The Morgan fingerprint density at radius 3 is 2.50 bits per heavy atom. The van der Waals surface area contributed by atoms with Crippen molar-refractivity contribution >= 4 is 45.9 Å². The predicted octanol–water partition coefficient (Wildman–Crippen LogP) is 4.12. The van der Waals surface area contributed by atoms with Gasteiger partial charge >= 0.3 is 0 Å². The molecule has 0 spiro atoms. The molecular formula is C17H28BrFIN3O. The molecule has 0 saturated heterocycles. The van der Waals surface area contributed by atoms with E-state index in [0.29, 0.717) is 6.42 Å². The Hall–Kier alpha value is -0.410. The molecule has 0 radical (unpaired) electrons. The molecule has 0 heterocycles. The Morgan fingerprint density at radius 1 is 1.17 bits per heavy atom. The smallest absolute Gasteiger partial charge is 0.190 e. The number of hydrogen-bond donors (Lipinski definition) is 2. The van der Waals surface area contributed by atoms with Crippen molar-refractivity contribution in [2.24, 2.45) is 4.99 Å². The van der Waals surface area contributed by atoms with E-state index < -0.39 is 0 Å². The zero-order valence-electron chi connectivity index (χ0n) is 14.4. The molecule has 0 aliphatic carbocycles. The molecule has 0 aromatic heterocycles. The van der Waals surface area contributed by atoms with Crippen LogP contribution in [0.5, 0.6) is 0 Å². The van der Waals surface area contributed by atoms with Crippen LogP contribution in [0.1, 0.15) is 31.2 Å². The molecule has 0 bridgehead atoms. The molecule has 4 nitrogen and oxygen atoms in total. The largest absolute Gasteiger partial charge is 0.385 e. The first-order chi connectivity index (χ1) is 11.2. The first kappa shape index (κ1) is 23.6. The predicted molar refractivity (Wildman–Crippen MR) is 113 cm³/mol. The molecule has 1 aromatic carbocycles. The van der Waals surface area contributed by atoms with Crippen molar-refractivity contribution < 1.29 is 9.13 Å². The van der Waals surface area contributed by atoms with E-state index in [1.54, 1.807) is 14.2 Å². The second-order valence-corrected chi connectivity index (χ2v) is 6.23. The number of rotatable bonds is 10. The number of aryl methyl sites for hydroxylation is 1. The van der Waals surface area contributed by atoms with Crippen molar-refractivity contribution in [3.63, 3.8) is 0 Å². The van der Waals surface area contributed by atoms with Crippen LogP contribution in [0, 0.1) is 5.82 Å². The van der Waals surface area contributed by atoms with E-state index in [1.807, 2.05) is 12.1 Å². The number of benzene rings is 1. The van der Waals surface area contributed by atoms with Gasteiger partial charge in [0.15, 0.2) is 5.96 Å². The highest BCUT2D eigenvalue weighted by molar-refractivity contribution is 14.0. The lowest BCUT2D eigenvalue weighted by Gasteiger charge is -2.12. The van der Waals surface area contributed by atoms with Gasteiger partial charge in [-0.05, 0) is 49.8 Å². The van der Waals surface area contributed by atoms with Crippen molar-refractivity contribution in [1.29, 1.82) is 0 Å². The van der Waals surface area contributed by atoms with Crippen molar-refractivity contribution in [2.45, 2.75) is 32.1 Å². The standard InChI is InChI=1S/C17H27BrFN3O.HI/c1-20-17(21-10-4-3-5-12-23-2)22-11-6-7-14-8-9-15(18)13-16(14)19;/h8-9,13H,3-7,10-12H2,1-2H3,(H2,20,21,22);1H. The van der Waals surface area contributed by atoms with Crippen LogP contribution < -0.4 is 10.6 Å². The molecule has 24 heavy (non-hydrogen) atoms. The summed E-state index contributed by atoms with van der Waals surface area (Å²) in [7, 11) is 3.48. The highest BCUT2D eigenvalue weighted by atomic mass is 127. The molecule has 0 fully saturated rings. The van der Waals surface area contributed by atoms with E-state index in [-0.39, 0.29) is 29.8 Å². The lowest BCUT2D eigenvalue weighted by atomic mass is 10.1. The summed E-state index contributed by atoms with van der Waals surface area (Å²) >= 11 is 3.27. The average Bonchev–Trinajstić information content (AvgIpc) is 2.54. The zero-order valence-corrected chi connectivity index (χ0v) is 18.3. The van der Waals surface area contributed by atoms with Gasteiger partial charge in [-0.2, -0.15) is 0 Å². The minimum atomic E-state index is -0.155. The van der Waals surface area contributed by atoms with Crippen LogP contribution in [0.15, 0.2) is 27.7 Å². The molecule has 0 amide bonds.